The molecule has 1 aromatic heterocycles. The lowest BCUT2D eigenvalue weighted by Crippen LogP contribution is -1.83. The van der Waals surface area contributed by atoms with Crippen molar-refractivity contribution in [2.24, 2.45) is 0 Å². The first-order chi connectivity index (χ1) is 11.4. The molecule has 0 saturated carbocycles. The molecule has 1 nitrogen and oxygen atoms in total. The third kappa shape index (κ3) is 4.01. The van der Waals surface area contributed by atoms with Gasteiger partial charge in [-0.3, -0.25) is 0 Å². The zero-order chi connectivity index (χ0) is 15.9. The van der Waals surface area contributed by atoms with Crippen molar-refractivity contribution < 1.29 is 4.42 Å². The molecule has 0 unspecified atom stereocenters. The minimum atomic E-state index is 0.949. The zero-order valence-electron chi connectivity index (χ0n) is 13.5. The van der Waals surface area contributed by atoms with Gasteiger partial charge >= 0.3 is 0 Å². The Balaban J connectivity index is 1.91. The summed E-state index contributed by atoms with van der Waals surface area (Å²) in [5.74, 6) is 1.92. The maximum absolute atomic E-state index is 6.13. The standard InChI is InChI=1S/C22H22O/c1-2-3-12-20-17-22(19-13-8-5-9-14-19)23-21(20)16-15-18-10-6-4-7-11-18/h4-11,13-17H,2-3,12H2,1H3/b16-15+. The Morgan fingerprint density at radius 2 is 1.57 bits per heavy atom. The molecule has 2 aromatic carbocycles. The average Bonchev–Trinajstić information content (AvgIpc) is 3.03. The molecule has 3 rings (SSSR count). The molecule has 0 aliphatic carbocycles. The Morgan fingerprint density at radius 1 is 0.870 bits per heavy atom. The third-order valence-electron chi connectivity index (χ3n) is 3.93. The summed E-state index contributed by atoms with van der Waals surface area (Å²) in [4.78, 5) is 0. The number of aryl methyl sites for hydroxylation is 1. The van der Waals surface area contributed by atoms with Crippen LogP contribution in [0.2, 0.25) is 0 Å². The summed E-state index contributed by atoms with van der Waals surface area (Å²) in [7, 11) is 0. The van der Waals surface area contributed by atoms with Gasteiger partial charge in [0.1, 0.15) is 11.5 Å². The van der Waals surface area contributed by atoms with Gasteiger partial charge in [-0.2, -0.15) is 0 Å². The minimum Gasteiger partial charge on any atom is -0.456 e. The molecule has 1 heterocycles. The quantitative estimate of drug-likeness (QED) is 0.509. The number of furan rings is 1. The predicted octanol–water partition coefficient (Wildman–Crippen LogP) is 6.46. The Labute approximate surface area is 138 Å². The van der Waals surface area contributed by atoms with Crippen molar-refractivity contribution in [3.05, 3.63) is 83.6 Å². The molecule has 0 spiro atoms. The molecule has 0 N–H and O–H groups in total. The van der Waals surface area contributed by atoms with Gasteiger partial charge in [-0.1, -0.05) is 80.1 Å². The van der Waals surface area contributed by atoms with E-state index in [9.17, 15) is 0 Å². The van der Waals surface area contributed by atoms with E-state index in [0.29, 0.717) is 0 Å². The molecule has 1 heteroatoms. The molecule has 0 aliphatic heterocycles. The Morgan fingerprint density at radius 3 is 2.26 bits per heavy atom. The van der Waals surface area contributed by atoms with Gasteiger partial charge in [0.25, 0.3) is 0 Å². The topological polar surface area (TPSA) is 13.1 Å². The van der Waals surface area contributed by atoms with Crippen LogP contribution in [0.25, 0.3) is 23.5 Å². The molecule has 0 atom stereocenters. The van der Waals surface area contributed by atoms with Crippen molar-refractivity contribution in [2.75, 3.05) is 0 Å². The largest absolute Gasteiger partial charge is 0.456 e. The summed E-state index contributed by atoms with van der Waals surface area (Å²) in [6, 6.07) is 22.8. The predicted molar refractivity (Wildman–Crippen MR) is 98.1 cm³/mol. The fourth-order valence-corrected chi connectivity index (χ4v) is 2.63. The van der Waals surface area contributed by atoms with Crippen LogP contribution in [0.4, 0.5) is 0 Å². The van der Waals surface area contributed by atoms with Crippen LogP contribution in [0.5, 0.6) is 0 Å². The highest BCUT2D eigenvalue weighted by Gasteiger charge is 2.10. The monoisotopic (exact) mass is 302 g/mol. The average molecular weight is 302 g/mol. The molecule has 116 valence electrons. The van der Waals surface area contributed by atoms with Gasteiger partial charge < -0.3 is 4.42 Å². The summed E-state index contributed by atoms with van der Waals surface area (Å²) in [6.45, 7) is 2.22. The summed E-state index contributed by atoms with van der Waals surface area (Å²) < 4.78 is 6.13. The van der Waals surface area contributed by atoms with Gasteiger partial charge in [0, 0.05) is 5.56 Å². The van der Waals surface area contributed by atoms with Crippen LogP contribution in [-0.2, 0) is 6.42 Å². The number of hydrogen-bond donors (Lipinski definition) is 0. The number of hydrogen-bond acceptors (Lipinski definition) is 1. The van der Waals surface area contributed by atoms with Gasteiger partial charge in [-0.25, -0.2) is 0 Å². The molecule has 0 saturated heterocycles. The second-order valence-corrected chi connectivity index (χ2v) is 5.71. The highest BCUT2D eigenvalue weighted by Crippen LogP contribution is 2.28. The van der Waals surface area contributed by atoms with Gasteiger partial charge in [-0.15, -0.1) is 0 Å². The van der Waals surface area contributed by atoms with E-state index in [-0.39, 0.29) is 0 Å². The number of rotatable bonds is 6. The lowest BCUT2D eigenvalue weighted by molar-refractivity contribution is 0.566. The molecule has 3 aromatic rings. The molecule has 0 amide bonds. The van der Waals surface area contributed by atoms with E-state index >= 15 is 0 Å². The van der Waals surface area contributed by atoms with Crippen LogP contribution in [0.15, 0.2) is 71.1 Å². The lowest BCUT2D eigenvalue weighted by Gasteiger charge is -1.97. The van der Waals surface area contributed by atoms with Crippen LogP contribution in [0.1, 0.15) is 36.7 Å². The van der Waals surface area contributed by atoms with Crippen molar-refractivity contribution in [1.82, 2.24) is 0 Å². The minimum absolute atomic E-state index is 0.949. The smallest absolute Gasteiger partial charge is 0.135 e. The van der Waals surface area contributed by atoms with E-state index in [1.54, 1.807) is 0 Å². The van der Waals surface area contributed by atoms with Crippen molar-refractivity contribution in [2.45, 2.75) is 26.2 Å². The first-order valence-electron chi connectivity index (χ1n) is 8.28. The second kappa shape index (κ2) is 7.64. The SMILES string of the molecule is CCCCc1cc(-c2ccccc2)oc1/C=C/c1ccccc1. The van der Waals surface area contributed by atoms with Crippen molar-refractivity contribution in [3.8, 4) is 11.3 Å². The van der Waals surface area contributed by atoms with Crippen LogP contribution < -0.4 is 0 Å². The first kappa shape index (κ1) is 15.4. The van der Waals surface area contributed by atoms with Crippen molar-refractivity contribution in [1.29, 1.82) is 0 Å². The molecule has 0 radical (unpaired) electrons. The molecular weight excluding hydrogens is 280 g/mol. The maximum Gasteiger partial charge on any atom is 0.135 e. The van der Waals surface area contributed by atoms with E-state index in [1.807, 2.05) is 24.3 Å². The van der Waals surface area contributed by atoms with Gasteiger partial charge in [0.05, 0.1) is 0 Å². The van der Waals surface area contributed by atoms with Crippen LogP contribution in [0, 0.1) is 0 Å². The first-order valence-corrected chi connectivity index (χ1v) is 8.28. The fourth-order valence-electron chi connectivity index (χ4n) is 2.63. The summed E-state index contributed by atoms with van der Waals surface area (Å²) >= 11 is 0. The Hall–Kier alpha value is -2.54. The highest BCUT2D eigenvalue weighted by atomic mass is 16.3. The zero-order valence-corrected chi connectivity index (χ0v) is 13.5. The van der Waals surface area contributed by atoms with Gasteiger partial charge in [-0.05, 0) is 36.1 Å². The molecular formula is C22H22O. The van der Waals surface area contributed by atoms with Crippen LogP contribution in [0.3, 0.4) is 0 Å². The molecule has 0 aliphatic rings. The van der Waals surface area contributed by atoms with E-state index in [4.69, 9.17) is 4.42 Å². The Kier molecular flexibility index (Phi) is 5.10. The maximum atomic E-state index is 6.13. The number of unbranched alkanes of at least 4 members (excludes halogenated alkanes) is 1. The molecule has 0 fully saturated rings. The lowest BCUT2D eigenvalue weighted by atomic mass is 10.1. The summed E-state index contributed by atoms with van der Waals surface area (Å²) in [5.41, 5.74) is 3.61. The van der Waals surface area contributed by atoms with Crippen LogP contribution >= 0.6 is 0 Å². The molecule has 23 heavy (non-hydrogen) atoms. The summed E-state index contributed by atoms with van der Waals surface area (Å²) in [6.07, 6.45) is 7.63. The van der Waals surface area contributed by atoms with Crippen molar-refractivity contribution in [3.63, 3.8) is 0 Å². The molecule has 0 bridgehead atoms. The van der Waals surface area contributed by atoms with Crippen LogP contribution in [-0.4, -0.2) is 0 Å². The normalized spacial score (nSPS) is 11.2. The summed E-state index contributed by atoms with van der Waals surface area (Å²) in [5, 5.41) is 0. The van der Waals surface area contributed by atoms with E-state index in [0.717, 1.165) is 23.5 Å². The fraction of sp³-hybridized carbons (Fsp3) is 0.182. The Bertz CT molecular complexity index is 751. The second-order valence-electron chi connectivity index (χ2n) is 5.71. The van der Waals surface area contributed by atoms with Crippen molar-refractivity contribution >= 4 is 12.2 Å². The number of benzene rings is 2. The third-order valence-corrected chi connectivity index (χ3v) is 3.93. The highest BCUT2D eigenvalue weighted by molar-refractivity contribution is 5.71. The van der Waals surface area contributed by atoms with Gasteiger partial charge in [0.15, 0.2) is 0 Å². The van der Waals surface area contributed by atoms with E-state index in [1.165, 1.54) is 24.0 Å². The van der Waals surface area contributed by atoms with Gasteiger partial charge in [0.2, 0.25) is 0 Å². The van der Waals surface area contributed by atoms with E-state index in [2.05, 4.69) is 61.5 Å². The van der Waals surface area contributed by atoms with E-state index < -0.39 is 0 Å².